The lowest BCUT2D eigenvalue weighted by atomic mass is 10.0. The fraction of sp³-hybridized carbons (Fsp3) is 0. The number of furan rings is 1. The van der Waals surface area contributed by atoms with Gasteiger partial charge in [0.15, 0.2) is 5.58 Å². The monoisotopic (exact) mass is 731 g/mol. The fourth-order valence-corrected chi connectivity index (χ4v) is 7.96. The summed E-state index contributed by atoms with van der Waals surface area (Å²) in [7, 11) is 0. The topological polar surface area (TPSA) is 56.4 Å². The smallest absolute Gasteiger partial charge is 0.159 e. The molecular formula is C53H37N3O. The van der Waals surface area contributed by atoms with Gasteiger partial charge in [-0.05, 0) is 64.2 Å². The fourth-order valence-electron chi connectivity index (χ4n) is 7.96. The number of amidine groups is 1. The molecule has 2 N–H and O–H groups in total. The lowest BCUT2D eigenvalue weighted by Gasteiger charge is -2.10. The number of hydrogen-bond donors (Lipinski definition) is 1. The molecule has 0 bridgehead atoms. The first-order chi connectivity index (χ1) is 28.2. The van der Waals surface area contributed by atoms with E-state index < -0.39 is 0 Å². The SMILES string of the molecule is N\C(=N/C(=C/C=C/c1cccc(-c2ccccc2)c1)c1ccccc1)c1cccc2oc3c(-n4c5ccccc5c5ccc(-c6ccccc6)cc54)cccc3c12. The summed E-state index contributed by atoms with van der Waals surface area (Å²) in [6.45, 7) is 0. The Morgan fingerprint density at radius 3 is 1.95 bits per heavy atom. The number of para-hydroxylation sites is 2. The molecule has 8 aromatic carbocycles. The highest BCUT2D eigenvalue weighted by Crippen LogP contribution is 2.40. The maximum atomic E-state index is 7.01. The number of hydrogen-bond acceptors (Lipinski definition) is 2. The first-order valence-corrected chi connectivity index (χ1v) is 19.2. The van der Waals surface area contributed by atoms with Crippen LogP contribution in [0.25, 0.3) is 83.5 Å². The quantitative estimate of drug-likeness (QED) is 0.0961. The van der Waals surface area contributed by atoms with Crippen molar-refractivity contribution in [1.82, 2.24) is 4.57 Å². The molecule has 0 amide bonds. The van der Waals surface area contributed by atoms with Gasteiger partial charge in [-0.15, -0.1) is 0 Å². The molecule has 0 saturated carbocycles. The van der Waals surface area contributed by atoms with Crippen LogP contribution in [0.1, 0.15) is 16.7 Å². The van der Waals surface area contributed by atoms with E-state index in [-0.39, 0.29) is 0 Å². The van der Waals surface area contributed by atoms with E-state index in [4.69, 9.17) is 15.1 Å². The molecule has 10 rings (SSSR count). The van der Waals surface area contributed by atoms with Gasteiger partial charge in [-0.3, -0.25) is 0 Å². The average molecular weight is 732 g/mol. The van der Waals surface area contributed by atoms with Crippen LogP contribution in [0.2, 0.25) is 0 Å². The highest BCUT2D eigenvalue weighted by molar-refractivity contribution is 6.20. The Balaban J connectivity index is 1.09. The molecule has 0 unspecified atom stereocenters. The average Bonchev–Trinajstić information content (AvgIpc) is 3.83. The van der Waals surface area contributed by atoms with Gasteiger partial charge in [0, 0.05) is 32.7 Å². The van der Waals surface area contributed by atoms with Gasteiger partial charge in [-0.2, -0.15) is 0 Å². The van der Waals surface area contributed by atoms with Crippen LogP contribution in [0, 0.1) is 0 Å². The van der Waals surface area contributed by atoms with Crippen LogP contribution >= 0.6 is 0 Å². The first kappa shape index (κ1) is 33.8. The molecule has 0 saturated heterocycles. The van der Waals surface area contributed by atoms with E-state index in [0.29, 0.717) is 5.84 Å². The molecule has 0 aliphatic carbocycles. The van der Waals surface area contributed by atoms with Crippen LogP contribution in [0.3, 0.4) is 0 Å². The molecule has 0 atom stereocenters. The lowest BCUT2D eigenvalue weighted by molar-refractivity contribution is 0.666. The van der Waals surface area contributed by atoms with Crippen molar-refractivity contribution < 1.29 is 4.42 Å². The predicted octanol–water partition coefficient (Wildman–Crippen LogP) is 13.5. The van der Waals surface area contributed by atoms with Crippen molar-refractivity contribution in [3.05, 3.63) is 223 Å². The number of allylic oxidation sites excluding steroid dienone is 2. The van der Waals surface area contributed by atoms with Crippen LogP contribution in [0.15, 0.2) is 216 Å². The maximum absolute atomic E-state index is 7.01. The van der Waals surface area contributed by atoms with Gasteiger partial charge in [0.05, 0.1) is 22.4 Å². The van der Waals surface area contributed by atoms with Gasteiger partial charge >= 0.3 is 0 Å². The van der Waals surface area contributed by atoms with Crippen molar-refractivity contribution in [2.75, 3.05) is 0 Å². The largest absolute Gasteiger partial charge is 0.454 e. The minimum atomic E-state index is 0.410. The third kappa shape index (κ3) is 6.29. The van der Waals surface area contributed by atoms with E-state index in [2.05, 4.69) is 162 Å². The Morgan fingerprint density at radius 1 is 0.526 bits per heavy atom. The van der Waals surface area contributed by atoms with E-state index in [1.165, 1.54) is 27.5 Å². The Labute approximate surface area is 330 Å². The van der Waals surface area contributed by atoms with Gasteiger partial charge < -0.3 is 14.7 Å². The van der Waals surface area contributed by atoms with Crippen molar-refractivity contribution in [3.63, 3.8) is 0 Å². The van der Waals surface area contributed by atoms with Gasteiger partial charge in [-0.1, -0.05) is 176 Å². The second-order valence-corrected chi connectivity index (χ2v) is 14.2. The number of aromatic nitrogens is 1. The Kier molecular flexibility index (Phi) is 8.62. The zero-order valence-electron chi connectivity index (χ0n) is 31.1. The molecule has 57 heavy (non-hydrogen) atoms. The molecule has 2 heterocycles. The van der Waals surface area contributed by atoms with Crippen LogP contribution in [0.4, 0.5) is 0 Å². The molecule has 0 spiro atoms. The van der Waals surface area contributed by atoms with E-state index in [9.17, 15) is 0 Å². The third-order valence-corrected chi connectivity index (χ3v) is 10.6. The van der Waals surface area contributed by atoms with Gasteiger partial charge in [-0.25, -0.2) is 4.99 Å². The second-order valence-electron chi connectivity index (χ2n) is 14.2. The van der Waals surface area contributed by atoms with E-state index in [1.807, 2.05) is 54.6 Å². The van der Waals surface area contributed by atoms with Gasteiger partial charge in [0.1, 0.15) is 11.4 Å². The van der Waals surface area contributed by atoms with Crippen molar-refractivity contribution >= 4 is 61.4 Å². The maximum Gasteiger partial charge on any atom is 0.159 e. The minimum Gasteiger partial charge on any atom is -0.454 e. The van der Waals surface area contributed by atoms with Crippen molar-refractivity contribution in [2.45, 2.75) is 0 Å². The summed E-state index contributed by atoms with van der Waals surface area (Å²) >= 11 is 0. The highest BCUT2D eigenvalue weighted by Gasteiger charge is 2.20. The van der Waals surface area contributed by atoms with E-state index in [1.54, 1.807) is 0 Å². The second kappa shape index (κ2) is 14.5. The highest BCUT2D eigenvalue weighted by atomic mass is 16.3. The standard InChI is InChI=1S/C53H37N3O/c54-53(55-46(39-22-8-3-9-23-39)28-13-17-36-16-12-24-40(34-36)37-18-4-1-5-19-37)45-27-15-31-50-51(45)44-26-14-30-48(52(44)57-50)56-47-29-11-10-25-42(47)43-33-32-41(35-49(43)56)38-20-6-2-7-21-38/h1-35H,(H2,54,55)/b17-13+,46-28+. The minimum absolute atomic E-state index is 0.410. The predicted molar refractivity (Wildman–Crippen MR) is 240 cm³/mol. The van der Waals surface area contributed by atoms with E-state index in [0.717, 1.165) is 66.6 Å². The third-order valence-electron chi connectivity index (χ3n) is 10.6. The molecule has 2 aromatic heterocycles. The summed E-state index contributed by atoms with van der Waals surface area (Å²) in [5.41, 5.74) is 20.1. The number of nitrogens with zero attached hydrogens (tertiary/aromatic N) is 2. The van der Waals surface area contributed by atoms with Gasteiger partial charge in [0.2, 0.25) is 0 Å². The van der Waals surface area contributed by atoms with Crippen LogP contribution in [-0.2, 0) is 0 Å². The summed E-state index contributed by atoms with van der Waals surface area (Å²) in [5, 5.41) is 4.29. The van der Waals surface area contributed by atoms with Crippen LogP contribution in [-0.4, -0.2) is 10.4 Å². The zero-order chi connectivity index (χ0) is 38.1. The summed E-state index contributed by atoms with van der Waals surface area (Å²) in [4.78, 5) is 5.10. The van der Waals surface area contributed by atoms with Crippen LogP contribution < -0.4 is 5.73 Å². The normalized spacial score (nSPS) is 12.4. The number of rotatable bonds is 8. The number of aliphatic imine (C=N–C) groups is 1. The Hall–Kier alpha value is -7.69. The van der Waals surface area contributed by atoms with Crippen molar-refractivity contribution in [3.8, 4) is 27.9 Å². The number of benzene rings is 8. The summed E-state index contributed by atoms with van der Waals surface area (Å²) < 4.78 is 9.13. The first-order valence-electron chi connectivity index (χ1n) is 19.2. The molecule has 4 nitrogen and oxygen atoms in total. The van der Waals surface area contributed by atoms with Crippen LogP contribution in [0.5, 0.6) is 0 Å². The van der Waals surface area contributed by atoms with Crippen molar-refractivity contribution in [2.24, 2.45) is 10.7 Å². The van der Waals surface area contributed by atoms with Crippen molar-refractivity contribution in [1.29, 1.82) is 0 Å². The Bertz CT molecular complexity index is 3170. The van der Waals surface area contributed by atoms with E-state index >= 15 is 0 Å². The number of fused-ring (bicyclic) bond motifs is 6. The molecule has 0 radical (unpaired) electrons. The molecule has 0 aliphatic rings. The molecule has 0 fully saturated rings. The molecular weight excluding hydrogens is 695 g/mol. The molecule has 4 heteroatoms. The molecule has 270 valence electrons. The zero-order valence-corrected chi connectivity index (χ0v) is 31.1. The lowest BCUT2D eigenvalue weighted by Crippen LogP contribution is -2.13. The van der Waals surface area contributed by atoms with Gasteiger partial charge in [0.25, 0.3) is 0 Å². The molecule has 0 aliphatic heterocycles. The molecule has 10 aromatic rings. The summed E-state index contributed by atoms with van der Waals surface area (Å²) in [5.74, 6) is 0.410. The summed E-state index contributed by atoms with van der Waals surface area (Å²) in [6.07, 6.45) is 6.16. The summed E-state index contributed by atoms with van der Waals surface area (Å²) in [6, 6.07) is 67.3. The Morgan fingerprint density at radius 2 is 1.16 bits per heavy atom. The number of nitrogens with two attached hydrogens (primary N) is 1.